The molecular formula is C14H24N2S3. The Balaban J connectivity index is 4.29. The molecule has 0 aliphatic heterocycles. The number of isothiocyanates is 2. The second-order valence-corrected chi connectivity index (χ2v) is 6.20. The first-order valence-corrected chi connectivity index (χ1v) is 8.83. The molecule has 0 fully saturated rings. The predicted octanol–water partition coefficient (Wildman–Crippen LogP) is 5.74. The SMILES string of the molecule is CCCCCC(N=C=S)SC(CCCCC)N=C=S. The quantitative estimate of drug-likeness (QED) is 0.261. The number of unbranched alkanes of at least 4 members (excludes halogenated alkanes) is 4. The van der Waals surface area contributed by atoms with Crippen molar-refractivity contribution in [2.75, 3.05) is 0 Å². The summed E-state index contributed by atoms with van der Waals surface area (Å²) in [6.45, 7) is 4.41. The molecule has 0 radical (unpaired) electrons. The van der Waals surface area contributed by atoms with Crippen LogP contribution in [-0.2, 0) is 0 Å². The third-order valence-corrected chi connectivity index (χ3v) is 4.34. The molecule has 0 bridgehead atoms. The molecule has 108 valence electrons. The summed E-state index contributed by atoms with van der Waals surface area (Å²) in [5, 5.41) is 5.36. The maximum atomic E-state index is 4.73. The normalized spacial score (nSPS) is 13.2. The van der Waals surface area contributed by atoms with Crippen LogP contribution < -0.4 is 0 Å². The van der Waals surface area contributed by atoms with E-state index in [0.717, 1.165) is 12.8 Å². The number of thioether (sulfide) groups is 1. The first kappa shape index (κ1) is 18.9. The molecule has 0 aromatic heterocycles. The highest BCUT2D eigenvalue weighted by molar-refractivity contribution is 8.00. The Morgan fingerprint density at radius 3 is 1.58 bits per heavy atom. The summed E-state index contributed by atoms with van der Waals surface area (Å²) in [5.41, 5.74) is 0. The lowest BCUT2D eigenvalue weighted by molar-refractivity contribution is 0.639. The largest absolute Gasteiger partial charge is 0.218 e. The van der Waals surface area contributed by atoms with Gasteiger partial charge in [-0.05, 0) is 37.3 Å². The fraction of sp³-hybridized carbons (Fsp3) is 0.857. The molecule has 0 aliphatic rings. The predicted molar refractivity (Wildman–Crippen MR) is 93.5 cm³/mol. The van der Waals surface area contributed by atoms with Gasteiger partial charge in [-0.25, -0.2) is 9.98 Å². The molecule has 2 nitrogen and oxygen atoms in total. The lowest BCUT2D eigenvalue weighted by Crippen LogP contribution is -2.08. The van der Waals surface area contributed by atoms with Crippen molar-refractivity contribution in [2.45, 2.75) is 76.0 Å². The van der Waals surface area contributed by atoms with Crippen LogP contribution in [0.5, 0.6) is 0 Å². The van der Waals surface area contributed by atoms with Crippen LogP contribution in [0.4, 0.5) is 0 Å². The number of hydrogen-bond donors (Lipinski definition) is 0. The minimum atomic E-state index is 0.169. The Kier molecular flexibility index (Phi) is 14.3. The second kappa shape index (κ2) is 14.4. The minimum Gasteiger partial charge on any atom is -0.218 e. The Bertz CT molecular complexity index is 278. The summed E-state index contributed by atoms with van der Waals surface area (Å²) in [6, 6.07) is 0. The van der Waals surface area contributed by atoms with Gasteiger partial charge in [0.1, 0.15) is 10.7 Å². The van der Waals surface area contributed by atoms with E-state index in [0.29, 0.717) is 0 Å². The van der Waals surface area contributed by atoms with Crippen LogP contribution in [0.1, 0.15) is 65.2 Å². The lowest BCUT2D eigenvalue weighted by Gasteiger charge is -2.16. The van der Waals surface area contributed by atoms with Gasteiger partial charge in [0.2, 0.25) is 0 Å². The van der Waals surface area contributed by atoms with Crippen molar-refractivity contribution in [1.82, 2.24) is 0 Å². The second-order valence-electron chi connectivity index (χ2n) is 4.48. The van der Waals surface area contributed by atoms with Crippen LogP contribution in [0.3, 0.4) is 0 Å². The van der Waals surface area contributed by atoms with Crippen LogP contribution in [-0.4, -0.2) is 21.1 Å². The van der Waals surface area contributed by atoms with E-state index in [1.165, 1.54) is 38.5 Å². The van der Waals surface area contributed by atoms with Gasteiger partial charge in [0.25, 0.3) is 0 Å². The molecule has 0 aliphatic carbocycles. The van der Waals surface area contributed by atoms with Crippen LogP contribution in [0, 0.1) is 0 Å². The van der Waals surface area contributed by atoms with Crippen LogP contribution in [0.2, 0.25) is 0 Å². The van der Waals surface area contributed by atoms with Crippen molar-refractivity contribution in [3.05, 3.63) is 0 Å². The molecule has 0 N–H and O–H groups in total. The zero-order chi connectivity index (χ0) is 14.3. The number of hydrogen-bond acceptors (Lipinski definition) is 5. The summed E-state index contributed by atoms with van der Waals surface area (Å²) in [4.78, 5) is 8.50. The fourth-order valence-corrected chi connectivity index (χ4v) is 3.35. The van der Waals surface area contributed by atoms with Crippen LogP contribution in [0.15, 0.2) is 9.98 Å². The first-order chi connectivity index (χ1) is 9.28. The van der Waals surface area contributed by atoms with E-state index in [2.05, 4.69) is 34.2 Å². The maximum absolute atomic E-state index is 4.73. The Morgan fingerprint density at radius 2 is 1.26 bits per heavy atom. The number of nitrogens with zero attached hydrogens (tertiary/aromatic N) is 2. The van der Waals surface area contributed by atoms with Gasteiger partial charge in [0.05, 0.1) is 10.3 Å². The van der Waals surface area contributed by atoms with Crippen molar-refractivity contribution in [2.24, 2.45) is 9.98 Å². The van der Waals surface area contributed by atoms with Gasteiger partial charge in [0.15, 0.2) is 0 Å². The van der Waals surface area contributed by atoms with E-state index in [-0.39, 0.29) is 10.7 Å². The number of thiocarbonyl (C=S) groups is 2. The molecular weight excluding hydrogens is 292 g/mol. The molecule has 0 amide bonds. The molecule has 0 rings (SSSR count). The zero-order valence-electron chi connectivity index (χ0n) is 11.9. The van der Waals surface area contributed by atoms with Gasteiger partial charge < -0.3 is 0 Å². The van der Waals surface area contributed by atoms with E-state index >= 15 is 0 Å². The standard InChI is InChI=1S/C14H24N2S3/c1-3-5-7-9-13(15-11-17)19-14(16-12-18)10-8-6-4-2/h13-14H,3-10H2,1-2H3. The fourth-order valence-electron chi connectivity index (χ4n) is 1.76. The Hall–Kier alpha value is -0.0500. The van der Waals surface area contributed by atoms with Gasteiger partial charge >= 0.3 is 0 Å². The van der Waals surface area contributed by atoms with E-state index in [4.69, 9.17) is 24.4 Å². The zero-order valence-corrected chi connectivity index (χ0v) is 14.4. The third kappa shape index (κ3) is 11.5. The summed E-state index contributed by atoms with van der Waals surface area (Å²) in [6.07, 6.45) is 9.35. The average Bonchev–Trinajstić information content (AvgIpc) is 2.39. The maximum Gasteiger partial charge on any atom is 0.108 e. The van der Waals surface area contributed by atoms with Crippen molar-refractivity contribution < 1.29 is 0 Å². The lowest BCUT2D eigenvalue weighted by atomic mass is 10.2. The minimum absolute atomic E-state index is 0.169. The molecule has 0 saturated heterocycles. The summed E-state index contributed by atoms with van der Waals surface area (Å²) in [7, 11) is 0. The van der Waals surface area contributed by atoms with Crippen molar-refractivity contribution in [3.8, 4) is 0 Å². The highest BCUT2D eigenvalue weighted by Crippen LogP contribution is 2.27. The third-order valence-electron chi connectivity index (χ3n) is 2.82. The first-order valence-electron chi connectivity index (χ1n) is 7.07. The van der Waals surface area contributed by atoms with Crippen molar-refractivity contribution in [3.63, 3.8) is 0 Å². The van der Waals surface area contributed by atoms with Crippen molar-refractivity contribution >= 4 is 46.5 Å². The van der Waals surface area contributed by atoms with Gasteiger partial charge in [-0.3, -0.25) is 0 Å². The van der Waals surface area contributed by atoms with Gasteiger partial charge in [-0.1, -0.05) is 52.4 Å². The molecule has 0 heterocycles. The smallest absolute Gasteiger partial charge is 0.108 e. The van der Waals surface area contributed by atoms with Gasteiger partial charge in [0, 0.05) is 0 Å². The molecule has 19 heavy (non-hydrogen) atoms. The highest BCUT2D eigenvalue weighted by atomic mass is 32.2. The number of aliphatic imine (C=N–C) groups is 2. The topological polar surface area (TPSA) is 24.7 Å². The molecule has 2 atom stereocenters. The van der Waals surface area contributed by atoms with Crippen LogP contribution >= 0.6 is 36.2 Å². The molecule has 2 unspecified atom stereocenters. The van der Waals surface area contributed by atoms with Crippen molar-refractivity contribution in [1.29, 1.82) is 0 Å². The van der Waals surface area contributed by atoms with E-state index in [9.17, 15) is 0 Å². The summed E-state index contributed by atoms with van der Waals surface area (Å²) >= 11 is 11.2. The molecule has 5 heteroatoms. The molecule has 0 saturated carbocycles. The van der Waals surface area contributed by atoms with E-state index in [1.54, 1.807) is 11.8 Å². The number of rotatable bonds is 12. The highest BCUT2D eigenvalue weighted by Gasteiger charge is 2.15. The average molecular weight is 317 g/mol. The van der Waals surface area contributed by atoms with E-state index < -0.39 is 0 Å². The molecule has 0 aromatic carbocycles. The summed E-state index contributed by atoms with van der Waals surface area (Å²) < 4.78 is 0. The Labute approximate surface area is 132 Å². The monoisotopic (exact) mass is 316 g/mol. The Morgan fingerprint density at radius 1 is 0.842 bits per heavy atom. The van der Waals surface area contributed by atoms with Gasteiger partial charge in [-0.2, -0.15) is 0 Å². The van der Waals surface area contributed by atoms with Gasteiger partial charge in [-0.15, -0.1) is 11.8 Å². The molecule has 0 spiro atoms. The van der Waals surface area contributed by atoms with Crippen LogP contribution in [0.25, 0.3) is 0 Å². The van der Waals surface area contributed by atoms with E-state index in [1.807, 2.05) is 0 Å². The summed E-state index contributed by atoms with van der Waals surface area (Å²) in [5.74, 6) is 0. The molecule has 0 aromatic rings.